The van der Waals surface area contributed by atoms with Crippen molar-refractivity contribution in [2.45, 2.75) is 70.4 Å². The highest BCUT2D eigenvalue weighted by atomic mass is 15.0. The Bertz CT molecular complexity index is 406. The Kier molecular flexibility index (Phi) is 4.22. The molecule has 1 nitrogen and oxygen atoms in total. The monoisotopic (exact) mass is 257 g/mol. The fraction of sp³-hybridized carbons (Fsp3) is 0.667. The lowest BCUT2D eigenvalue weighted by Crippen LogP contribution is -2.38. The van der Waals surface area contributed by atoms with Gasteiger partial charge in [-0.3, -0.25) is 0 Å². The van der Waals surface area contributed by atoms with Gasteiger partial charge < -0.3 is 5.32 Å². The van der Waals surface area contributed by atoms with Crippen molar-refractivity contribution in [3.05, 3.63) is 35.4 Å². The molecule has 1 N–H and O–H groups in total. The molecule has 104 valence electrons. The first kappa shape index (κ1) is 13.2. The Labute approximate surface area is 117 Å². The van der Waals surface area contributed by atoms with Gasteiger partial charge in [-0.25, -0.2) is 0 Å². The van der Waals surface area contributed by atoms with Gasteiger partial charge in [0.2, 0.25) is 0 Å². The zero-order chi connectivity index (χ0) is 13.1. The molecular formula is C18H27N. The minimum atomic E-state index is 0.599. The smallest absolute Gasteiger partial charge is 0.0325 e. The van der Waals surface area contributed by atoms with E-state index in [1.807, 2.05) is 0 Å². The quantitative estimate of drug-likeness (QED) is 0.833. The maximum absolute atomic E-state index is 3.94. The lowest BCUT2D eigenvalue weighted by molar-refractivity contribution is 0.257. The van der Waals surface area contributed by atoms with E-state index in [0.29, 0.717) is 12.1 Å². The Morgan fingerprint density at radius 2 is 1.79 bits per heavy atom. The molecule has 0 radical (unpaired) electrons. The highest BCUT2D eigenvalue weighted by Gasteiger charge is 2.25. The molecule has 0 bridgehead atoms. The van der Waals surface area contributed by atoms with Crippen molar-refractivity contribution in [2.24, 2.45) is 5.92 Å². The summed E-state index contributed by atoms with van der Waals surface area (Å²) >= 11 is 0. The van der Waals surface area contributed by atoms with Gasteiger partial charge in [0.15, 0.2) is 0 Å². The van der Waals surface area contributed by atoms with Crippen molar-refractivity contribution < 1.29 is 0 Å². The molecule has 3 rings (SSSR count). The molecule has 2 unspecified atom stereocenters. The van der Waals surface area contributed by atoms with E-state index in [2.05, 4.69) is 36.5 Å². The van der Waals surface area contributed by atoms with Gasteiger partial charge in [0.25, 0.3) is 0 Å². The second-order valence-corrected chi connectivity index (χ2v) is 6.50. The van der Waals surface area contributed by atoms with Crippen molar-refractivity contribution in [1.82, 2.24) is 5.32 Å². The van der Waals surface area contributed by atoms with Crippen LogP contribution in [0.4, 0.5) is 0 Å². The summed E-state index contributed by atoms with van der Waals surface area (Å²) in [4.78, 5) is 0. The maximum Gasteiger partial charge on any atom is 0.0325 e. The molecule has 0 saturated heterocycles. The Balaban J connectivity index is 1.66. The minimum Gasteiger partial charge on any atom is -0.307 e. The van der Waals surface area contributed by atoms with Crippen LogP contribution < -0.4 is 5.32 Å². The zero-order valence-electron chi connectivity index (χ0n) is 12.2. The molecule has 1 saturated carbocycles. The fourth-order valence-electron chi connectivity index (χ4n) is 4.01. The number of hydrogen-bond donors (Lipinski definition) is 1. The van der Waals surface area contributed by atoms with E-state index in [1.54, 1.807) is 11.1 Å². The van der Waals surface area contributed by atoms with Crippen LogP contribution in [-0.2, 0) is 6.42 Å². The van der Waals surface area contributed by atoms with Gasteiger partial charge in [-0.05, 0) is 56.1 Å². The van der Waals surface area contributed by atoms with Gasteiger partial charge in [-0.15, -0.1) is 0 Å². The Morgan fingerprint density at radius 1 is 1.00 bits per heavy atom. The summed E-state index contributed by atoms with van der Waals surface area (Å²) in [5.41, 5.74) is 3.14. The second kappa shape index (κ2) is 6.09. The third-order valence-corrected chi connectivity index (χ3v) is 5.19. The van der Waals surface area contributed by atoms with Crippen LogP contribution in [0, 0.1) is 5.92 Å². The molecule has 0 heterocycles. The predicted molar refractivity (Wildman–Crippen MR) is 81.3 cm³/mol. The maximum atomic E-state index is 3.94. The van der Waals surface area contributed by atoms with E-state index in [1.165, 1.54) is 51.4 Å². The minimum absolute atomic E-state index is 0.599. The average Bonchev–Trinajstić information content (AvgIpc) is 2.48. The molecule has 1 fully saturated rings. The SMILES string of the molecule is CC(NC1CCCc2ccccc21)C1CCCCC1. The largest absolute Gasteiger partial charge is 0.307 e. The predicted octanol–water partition coefficient (Wildman–Crippen LogP) is 4.62. The first-order chi connectivity index (χ1) is 9.34. The van der Waals surface area contributed by atoms with Crippen molar-refractivity contribution in [2.75, 3.05) is 0 Å². The van der Waals surface area contributed by atoms with Crippen LogP contribution >= 0.6 is 0 Å². The molecule has 0 amide bonds. The van der Waals surface area contributed by atoms with Gasteiger partial charge in [-0.1, -0.05) is 43.5 Å². The summed E-state index contributed by atoms with van der Waals surface area (Å²) in [7, 11) is 0. The number of aryl methyl sites for hydroxylation is 1. The average molecular weight is 257 g/mol. The van der Waals surface area contributed by atoms with E-state index in [9.17, 15) is 0 Å². The van der Waals surface area contributed by atoms with Crippen LogP contribution in [0.3, 0.4) is 0 Å². The van der Waals surface area contributed by atoms with E-state index >= 15 is 0 Å². The Morgan fingerprint density at radius 3 is 2.63 bits per heavy atom. The molecule has 2 aliphatic carbocycles. The molecule has 19 heavy (non-hydrogen) atoms. The number of nitrogens with one attached hydrogen (secondary N) is 1. The molecule has 1 aromatic rings. The summed E-state index contributed by atoms with van der Waals surface area (Å²) in [6, 6.07) is 10.3. The molecule has 0 aromatic heterocycles. The van der Waals surface area contributed by atoms with Crippen LogP contribution in [0.15, 0.2) is 24.3 Å². The van der Waals surface area contributed by atoms with Gasteiger partial charge in [0, 0.05) is 12.1 Å². The highest BCUT2D eigenvalue weighted by molar-refractivity contribution is 5.32. The molecular weight excluding hydrogens is 230 g/mol. The van der Waals surface area contributed by atoms with Gasteiger partial charge >= 0.3 is 0 Å². The van der Waals surface area contributed by atoms with Crippen LogP contribution in [0.1, 0.15) is 69.0 Å². The number of hydrogen-bond acceptors (Lipinski definition) is 1. The summed E-state index contributed by atoms with van der Waals surface area (Å²) in [6.45, 7) is 2.41. The lowest BCUT2D eigenvalue weighted by atomic mass is 9.82. The molecule has 0 spiro atoms. The molecule has 0 aliphatic heterocycles. The second-order valence-electron chi connectivity index (χ2n) is 6.50. The standard InChI is InChI=1S/C18H27N/c1-14(15-8-3-2-4-9-15)19-18-13-7-11-16-10-5-6-12-17(16)18/h5-6,10,12,14-15,18-19H,2-4,7-9,11,13H2,1H3. The van der Waals surface area contributed by atoms with E-state index in [-0.39, 0.29) is 0 Å². The fourth-order valence-corrected chi connectivity index (χ4v) is 4.01. The van der Waals surface area contributed by atoms with Crippen molar-refractivity contribution in [3.8, 4) is 0 Å². The van der Waals surface area contributed by atoms with Crippen LogP contribution in [0.25, 0.3) is 0 Å². The molecule has 2 aliphatic rings. The van der Waals surface area contributed by atoms with Crippen molar-refractivity contribution in [1.29, 1.82) is 0 Å². The normalized spacial score (nSPS) is 25.8. The van der Waals surface area contributed by atoms with E-state index in [0.717, 1.165) is 5.92 Å². The number of rotatable bonds is 3. The summed E-state index contributed by atoms with van der Waals surface area (Å²) < 4.78 is 0. The van der Waals surface area contributed by atoms with E-state index < -0.39 is 0 Å². The Hall–Kier alpha value is -0.820. The van der Waals surface area contributed by atoms with Gasteiger partial charge in [0.1, 0.15) is 0 Å². The van der Waals surface area contributed by atoms with Crippen LogP contribution in [0.2, 0.25) is 0 Å². The van der Waals surface area contributed by atoms with Gasteiger partial charge in [-0.2, -0.15) is 0 Å². The van der Waals surface area contributed by atoms with Crippen LogP contribution in [0.5, 0.6) is 0 Å². The third kappa shape index (κ3) is 3.02. The summed E-state index contributed by atoms with van der Waals surface area (Å²) in [5, 5.41) is 3.94. The van der Waals surface area contributed by atoms with Gasteiger partial charge in [0.05, 0.1) is 0 Å². The highest BCUT2D eigenvalue weighted by Crippen LogP contribution is 2.32. The lowest BCUT2D eigenvalue weighted by Gasteiger charge is -2.34. The molecule has 1 aromatic carbocycles. The molecule has 1 heteroatoms. The summed E-state index contributed by atoms with van der Waals surface area (Å²) in [5.74, 6) is 0.905. The summed E-state index contributed by atoms with van der Waals surface area (Å²) in [6.07, 6.45) is 11.1. The van der Waals surface area contributed by atoms with Crippen LogP contribution in [-0.4, -0.2) is 6.04 Å². The first-order valence-electron chi connectivity index (χ1n) is 8.18. The zero-order valence-corrected chi connectivity index (χ0v) is 12.2. The van der Waals surface area contributed by atoms with Crippen molar-refractivity contribution >= 4 is 0 Å². The number of benzene rings is 1. The topological polar surface area (TPSA) is 12.0 Å². The molecule has 2 atom stereocenters. The van der Waals surface area contributed by atoms with Crippen molar-refractivity contribution in [3.63, 3.8) is 0 Å². The number of fused-ring (bicyclic) bond motifs is 1. The van der Waals surface area contributed by atoms with E-state index in [4.69, 9.17) is 0 Å². The first-order valence-corrected chi connectivity index (χ1v) is 8.18. The third-order valence-electron chi connectivity index (χ3n) is 5.19.